The average molecular weight is 218 g/mol. The Morgan fingerprint density at radius 3 is 1.36 bits per heavy atom. The molecule has 84 valence electrons. The largest absolute Gasteiger partial charge is 1.00 e. The predicted molar refractivity (Wildman–Crippen MR) is 60.7 cm³/mol. The Hall–Kier alpha value is -0.270. The van der Waals surface area contributed by atoms with Gasteiger partial charge in [-0.2, -0.15) is 0 Å². The van der Waals surface area contributed by atoms with Crippen LogP contribution in [0, 0.1) is 0 Å². The van der Waals surface area contributed by atoms with Crippen molar-refractivity contribution in [2.24, 2.45) is 0 Å². The fourth-order valence-corrected chi connectivity index (χ4v) is 1.87. The van der Waals surface area contributed by atoms with E-state index < -0.39 is 0 Å². The molecule has 0 heterocycles. The van der Waals surface area contributed by atoms with Gasteiger partial charge in [-0.05, 0) is 38.8 Å². The molecule has 14 heavy (non-hydrogen) atoms. The quantitative estimate of drug-likeness (QED) is 0.434. The zero-order valence-corrected chi connectivity index (χ0v) is 10.8. The van der Waals surface area contributed by atoms with Crippen molar-refractivity contribution in [1.29, 1.82) is 0 Å². The van der Waals surface area contributed by atoms with E-state index in [0.717, 1.165) is 30.7 Å². The summed E-state index contributed by atoms with van der Waals surface area (Å²) in [7, 11) is 0. The second-order valence-electron chi connectivity index (χ2n) is 4.20. The van der Waals surface area contributed by atoms with E-state index in [1.807, 2.05) is 0 Å². The van der Waals surface area contributed by atoms with Crippen LogP contribution in [0.3, 0.4) is 0 Å². The first-order valence-corrected chi connectivity index (χ1v) is 5.09. The van der Waals surface area contributed by atoms with Gasteiger partial charge in [0, 0.05) is 0 Å². The van der Waals surface area contributed by atoms with Gasteiger partial charge in [-0.3, -0.25) is 0 Å². The van der Waals surface area contributed by atoms with Gasteiger partial charge in [-0.25, -0.2) is 0 Å². The van der Waals surface area contributed by atoms with Crippen LogP contribution in [0.25, 0.3) is 0 Å². The summed E-state index contributed by atoms with van der Waals surface area (Å²) >= 11 is 0. The van der Waals surface area contributed by atoms with Crippen LogP contribution >= 0.6 is 0 Å². The molecule has 0 saturated carbocycles. The summed E-state index contributed by atoms with van der Waals surface area (Å²) in [6.45, 7) is 21.2. The molecule has 0 radical (unpaired) electrons. The molecule has 0 rings (SSSR count). The Balaban J connectivity index is 0. The Morgan fingerprint density at radius 1 is 0.929 bits per heavy atom. The van der Waals surface area contributed by atoms with Crippen LogP contribution < -0.4 is 12.4 Å². The number of nitrogens with zero attached hydrogens (tertiary/aromatic N) is 1. The molecule has 1 nitrogen and oxygen atoms in total. The fourth-order valence-electron chi connectivity index (χ4n) is 1.87. The van der Waals surface area contributed by atoms with Crippen molar-refractivity contribution in [2.75, 3.05) is 26.2 Å². The molecule has 0 aliphatic carbocycles. The fraction of sp³-hybridized carbons (Fsp3) is 0.667. The van der Waals surface area contributed by atoms with Gasteiger partial charge in [-0.1, -0.05) is 13.2 Å². The third-order valence-corrected chi connectivity index (χ3v) is 2.55. The molecule has 0 fully saturated rings. The molecule has 0 aliphatic rings. The highest BCUT2D eigenvalue weighted by molar-refractivity contribution is 4.92. The lowest BCUT2D eigenvalue weighted by molar-refractivity contribution is -0.916. The van der Waals surface area contributed by atoms with Crippen LogP contribution in [0.2, 0.25) is 0 Å². The number of quaternary nitrogens is 1. The lowest BCUT2D eigenvalue weighted by Crippen LogP contribution is -3.00. The third-order valence-electron chi connectivity index (χ3n) is 2.55. The van der Waals surface area contributed by atoms with Crippen LogP contribution in [-0.2, 0) is 0 Å². The number of hydrogen-bond donors (Lipinski definition) is 0. The topological polar surface area (TPSA) is 0 Å². The number of halogens is 1. The third kappa shape index (κ3) is 5.46. The molecule has 0 N–H and O–H groups in total. The summed E-state index contributed by atoms with van der Waals surface area (Å²) in [5, 5.41) is 0. The maximum atomic E-state index is 4.00. The monoisotopic (exact) mass is 217 g/mol. The van der Waals surface area contributed by atoms with Crippen molar-refractivity contribution in [2.45, 2.75) is 27.7 Å². The normalized spacial score (nSPS) is 10.6. The van der Waals surface area contributed by atoms with Crippen molar-refractivity contribution < 1.29 is 16.9 Å². The highest BCUT2D eigenvalue weighted by atomic mass is 35.5. The lowest BCUT2D eigenvalue weighted by Gasteiger charge is -2.37. The van der Waals surface area contributed by atoms with Crippen LogP contribution in [0.5, 0.6) is 0 Å². The van der Waals surface area contributed by atoms with E-state index in [2.05, 4.69) is 40.9 Å². The summed E-state index contributed by atoms with van der Waals surface area (Å²) in [5.74, 6) is 0. The van der Waals surface area contributed by atoms with Crippen LogP contribution in [0.4, 0.5) is 0 Å². The van der Waals surface area contributed by atoms with Crippen LogP contribution in [-0.4, -0.2) is 30.7 Å². The Labute approximate surface area is 95.5 Å². The molecule has 0 saturated heterocycles. The van der Waals surface area contributed by atoms with Gasteiger partial charge >= 0.3 is 0 Å². The highest BCUT2D eigenvalue weighted by Gasteiger charge is 2.22. The standard InChI is InChI=1S/C12H24N.ClH/c1-7-13(8-2,9-11(3)4)10-12(5)6;/h3,5,7-10H2,1-2,4,6H3;1H/q+1;/p-1. The Bertz CT molecular complexity index is 174. The minimum absolute atomic E-state index is 0. The Kier molecular flexibility index (Phi) is 8.18. The average Bonchev–Trinajstić information content (AvgIpc) is 2.01. The van der Waals surface area contributed by atoms with Gasteiger partial charge in [0.15, 0.2) is 0 Å². The van der Waals surface area contributed by atoms with Crippen LogP contribution in [0.1, 0.15) is 27.7 Å². The summed E-state index contributed by atoms with van der Waals surface area (Å²) in [6, 6.07) is 0. The Morgan fingerprint density at radius 2 is 1.21 bits per heavy atom. The van der Waals surface area contributed by atoms with Crippen molar-refractivity contribution in [3.05, 3.63) is 24.3 Å². The van der Waals surface area contributed by atoms with E-state index in [9.17, 15) is 0 Å². The first-order valence-electron chi connectivity index (χ1n) is 5.09. The van der Waals surface area contributed by atoms with Gasteiger partial charge < -0.3 is 16.9 Å². The molecular formula is C12H24ClN. The molecule has 0 unspecified atom stereocenters. The van der Waals surface area contributed by atoms with E-state index in [4.69, 9.17) is 0 Å². The molecule has 0 spiro atoms. The smallest absolute Gasteiger partial charge is 0.1000 e. The molecule has 0 aromatic carbocycles. The summed E-state index contributed by atoms with van der Waals surface area (Å²) in [5.41, 5.74) is 2.54. The van der Waals surface area contributed by atoms with Gasteiger partial charge in [0.2, 0.25) is 0 Å². The SMILES string of the molecule is C=C(C)C[N+](CC)(CC)CC(=C)C.[Cl-]. The van der Waals surface area contributed by atoms with E-state index in [1.54, 1.807) is 0 Å². The maximum absolute atomic E-state index is 4.00. The first kappa shape index (κ1) is 16.2. The molecule has 0 atom stereocenters. The summed E-state index contributed by atoms with van der Waals surface area (Å²) in [6.07, 6.45) is 0. The van der Waals surface area contributed by atoms with E-state index in [1.165, 1.54) is 11.1 Å². The summed E-state index contributed by atoms with van der Waals surface area (Å²) < 4.78 is 1.10. The van der Waals surface area contributed by atoms with Gasteiger partial charge in [0.25, 0.3) is 0 Å². The van der Waals surface area contributed by atoms with Gasteiger partial charge in [0.1, 0.15) is 0 Å². The molecule has 0 aliphatic heterocycles. The lowest BCUT2D eigenvalue weighted by atomic mass is 10.2. The molecule has 0 amide bonds. The molecule has 0 bridgehead atoms. The minimum atomic E-state index is 0. The summed E-state index contributed by atoms with van der Waals surface area (Å²) in [4.78, 5) is 0. The van der Waals surface area contributed by atoms with E-state index in [-0.39, 0.29) is 12.4 Å². The molecule has 0 aromatic heterocycles. The second kappa shape index (κ2) is 7.08. The van der Waals surface area contributed by atoms with E-state index >= 15 is 0 Å². The molecule has 2 heteroatoms. The molecular weight excluding hydrogens is 194 g/mol. The van der Waals surface area contributed by atoms with Crippen molar-refractivity contribution in [1.82, 2.24) is 0 Å². The van der Waals surface area contributed by atoms with Gasteiger partial charge in [-0.15, -0.1) is 0 Å². The maximum Gasteiger partial charge on any atom is 0.1000 e. The molecule has 0 aromatic rings. The van der Waals surface area contributed by atoms with Crippen LogP contribution in [0.15, 0.2) is 24.3 Å². The van der Waals surface area contributed by atoms with Crippen molar-refractivity contribution in [3.8, 4) is 0 Å². The van der Waals surface area contributed by atoms with Gasteiger partial charge in [0.05, 0.1) is 26.2 Å². The van der Waals surface area contributed by atoms with Crippen molar-refractivity contribution >= 4 is 0 Å². The zero-order valence-electron chi connectivity index (χ0n) is 10.1. The number of hydrogen-bond acceptors (Lipinski definition) is 0. The number of likely N-dealkylation sites (N-methyl/N-ethyl adjacent to an activating group) is 1. The first-order chi connectivity index (χ1) is 5.95. The van der Waals surface area contributed by atoms with E-state index in [0.29, 0.717) is 0 Å². The zero-order chi connectivity index (χ0) is 10.5. The van der Waals surface area contributed by atoms with Crippen molar-refractivity contribution in [3.63, 3.8) is 0 Å². The predicted octanol–water partition coefficient (Wildman–Crippen LogP) is -0.000800. The second-order valence-corrected chi connectivity index (χ2v) is 4.20. The number of rotatable bonds is 6. The minimum Gasteiger partial charge on any atom is -1.00 e. The highest BCUT2D eigenvalue weighted by Crippen LogP contribution is 2.12.